The molecule has 0 aliphatic rings. The Bertz CT molecular complexity index is 732. The van der Waals surface area contributed by atoms with Gasteiger partial charge in [-0.3, -0.25) is 0 Å². The van der Waals surface area contributed by atoms with Crippen LogP contribution in [0.3, 0.4) is 0 Å². The maximum absolute atomic E-state index is 13.9. The molecule has 26 heavy (non-hydrogen) atoms. The SMILES string of the molecule is Cl.N[C@@H](c1ccc(OC(F)(F)F)cc1)c1cc(OC(F)(F)F)ccc1F. The largest absolute Gasteiger partial charge is 0.573 e. The molecule has 11 heteroatoms. The van der Waals surface area contributed by atoms with E-state index in [9.17, 15) is 30.7 Å². The third kappa shape index (κ3) is 6.26. The van der Waals surface area contributed by atoms with Crippen molar-refractivity contribution in [3.8, 4) is 11.5 Å². The average Bonchev–Trinajstić information content (AvgIpc) is 2.46. The predicted octanol–water partition coefficient (Wildman–Crippen LogP) is 5.09. The molecule has 144 valence electrons. The van der Waals surface area contributed by atoms with Crippen molar-refractivity contribution in [3.63, 3.8) is 0 Å². The van der Waals surface area contributed by atoms with Gasteiger partial charge in [-0.05, 0) is 35.9 Å². The van der Waals surface area contributed by atoms with E-state index in [1.54, 1.807) is 0 Å². The molecule has 0 saturated heterocycles. The molecule has 2 aromatic carbocycles. The van der Waals surface area contributed by atoms with E-state index in [1.165, 1.54) is 0 Å². The molecule has 0 unspecified atom stereocenters. The van der Waals surface area contributed by atoms with Crippen LogP contribution in [0, 0.1) is 5.82 Å². The van der Waals surface area contributed by atoms with Gasteiger partial charge in [-0.25, -0.2) is 4.39 Å². The molecule has 0 heterocycles. The summed E-state index contributed by atoms with van der Waals surface area (Å²) in [5.41, 5.74) is 5.64. The number of hydrogen-bond acceptors (Lipinski definition) is 3. The quantitative estimate of drug-likeness (QED) is 0.720. The van der Waals surface area contributed by atoms with E-state index < -0.39 is 36.1 Å². The van der Waals surface area contributed by atoms with Gasteiger partial charge < -0.3 is 15.2 Å². The lowest BCUT2D eigenvalue weighted by atomic mass is 9.99. The maximum Gasteiger partial charge on any atom is 0.573 e. The van der Waals surface area contributed by atoms with Crippen molar-refractivity contribution in [2.24, 2.45) is 5.73 Å². The molecule has 0 aliphatic carbocycles. The van der Waals surface area contributed by atoms with Crippen LogP contribution in [0.5, 0.6) is 11.5 Å². The Hall–Kier alpha value is -2.20. The highest BCUT2D eigenvalue weighted by Gasteiger charge is 2.32. The van der Waals surface area contributed by atoms with Crippen LogP contribution in [-0.2, 0) is 0 Å². The zero-order valence-electron chi connectivity index (χ0n) is 12.6. The summed E-state index contributed by atoms with van der Waals surface area (Å²) >= 11 is 0. The smallest absolute Gasteiger partial charge is 0.406 e. The topological polar surface area (TPSA) is 44.5 Å². The lowest BCUT2D eigenvalue weighted by Gasteiger charge is -2.16. The molecule has 3 nitrogen and oxygen atoms in total. The molecule has 0 amide bonds. The van der Waals surface area contributed by atoms with Gasteiger partial charge in [-0.2, -0.15) is 0 Å². The molecule has 0 spiro atoms. The molecule has 1 atom stereocenters. The fourth-order valence-electron chi connectivity index (χ4n) is 2.01. The van der Waals surface area contributed by atoms with Crippen LogP contribution in [0.2, 0.25) is 0 Å². The first-order valence-corrected chi connectivity index (χ1v) is 6.61. The van der Waals surface area contributed by atoms with Gasteiger partial charge in [0.25, 0.3) is 0 Å². The molecule has 2 N–H and O–H groups in total. The first-order valence-electron chi connectivity index (χ1n) is 6.61. The van der Waals surface area contributed by atoms with E-state index in [1.807, 2.05) is 0 Å². The van der Waals surface area contributed by atoms with Crippen molar-refractivity contribution >= 4 is 12.4 Å². The molecule has 0 radical (unpaired) electrons. The highest BCUT2D eigenvalue weighted by Crippen LogP contribution is 2.30. The summed E-state index contributed by atoms with van der Waals surface area (Å²) in [5.74, 6) is -2.08. The van der Waals surface area contributed by atoms with Gasteiger partial charge in [0.05, 0.1) is 6.04 Å². The summed E-state index contributed by atoms with van der Waals surface area (Å²) in [4.78, 5) is 0. The van der Waals surface area contributed by atoms with E-state index in [-0.39, 0.29) is 23.5 Å². The van der Waals surface area contributed by atoms with E-state index in [2.05, 4.69) is 9.47 Å². The lowest BCUT2D eigenvalue weighted by Crippen LogP contribution is -2.19. The summed E-state index contributed by atoms with van der Waals surface area (Å²) in [5, 5.41) is 0. The van der Waals surface area contributed by atoms with E-state index in [4.69, 9.17) is 5.73 Å². The van der Waals surface area contributed by atoms with Crippen LogP contribution in [0.15, 0.2) is 42.5 Å². The number of nitrogens with two attached hydrogens (primary N) is 1. The van der Waals surface area contributed by atoms with Crippen LogP contribution in [0.25, 0.3) is 0 Å². The average molecular weight is 406 g/mol. The van der Waals surface area contributed by atoms with Crippen molar-refractivity contribution < 1.29 is 40.2 Å². The van der Waals surface area contributed by atoms with Crippen molar-refractivity contribution in [2.45, 2.75) is 18.8 Å². The zero-order valence-corrected chi connectivity index (χ0v) is 13.4. The molecule has 0 bridgehead atoms. The molecule has 0 aliphatic heterocycles. The first-order chi connectivity index (χ1) is 11.4. The number of alkyl halides is 6. The Morgan fingerprint density at radius 3 is 1.73 bits per heavy atom. The van der Waals surface area contributed by atoms with E-state index in [0.29, 0.717) is 0 Å². The van der Waals surface area contributed by atoms with Crippen LogP contribution >= 0.6 is 12.4 Å². The number of benzene rings is 2. The summed E-state index contributed by atoms with van der Waals surface area (Å²) < 4.78 is 94.2. The van der Waals surface area contributed by atoms with Crippen molar-refractivity contribution in [3.05, 3.63) is 59.4 Å². The Kier molecular flexibility index (Phi) is 6.72. The van der Waals surface area contributed by atoms with Gasteiger partial charge in [0, 0.05) is 5.56 Å². The molecule has 2 aromatic rings. The molecular formula is C15H11ClF7NO2. The van der Waals surface area contributed by atoms with Crippen molar-refractivity contribution in [1.29, 1.82) is 0 Å². The fraction of sp³-hybridized carbons (Fsp3) is 0.200. The van der Waals surface area contributed by atoms with E-state index >= 15 is 0 Å². The Morgan fingerprint density at radius 2 is 1.23 bits per heavy atom. The van der Waals surface area contributed by atoms with Gasteiger partial charge in [-0.1, -0.05) is 12.1 Å². The highest BCUT2D eigenvalue weighted by molar-refractivity contribution is 5.85. The van der Waals surface area contributed by atoms with Gasteiger partial charge in [0.15, 0.2) is 0 Å². The lowest BCUT2D eigenvalue weighted by molar-refractivity contribution is -0.275. The Morgan fingerprint density at radius 1 is 0.769 bits per heavy atom. The normalized spacial score (nSPS) is 12.9. The Balaban J connectivity index is 0.00000338. The minimum Gasteiger partial charge on any atom is -0.406 e. The molecule has 0 fully saturated rings. The van der Waals surface area contributed by atoms with Crippen molar-refractivity contribution in [2.75, 3.05) is 0 Å². The second-order valence-corrected chi connectivity index (χ2v) is 4.83. The van der Waals surface area contributed by atoms with Crippen LogP contribution in [0.1, 0.15) is 17.2 Å². The second kappa shape index (κ2) is 8.00. The molecule has 2 rings (SSSR count). The van der Waals surface area contributed by atoms with Gasteiger partial charge in [-0.15, -0.1) is 38.7 Å². The third-order valence-corrected chi connectivity index (χ3v) is 3.01. The van der Waals surface area contributed by atoms with Gasteiger partial charge in [0.2, 0.25) is 0 Å². The summed E-state index contributed by atoms with van der Waals surface area (Å²) in [7, 11) is 0. The van der Waals surface area contributed by atoms with Crippen LogP contribution < -0.4 is 15.2 Å². The van der Waals surface area contributed by atoms with Gasteiger partial charge >= 0.3 is 12.7 Å². The monoisotopic (exact) mass is 405 g/mol. The Labute approximate surface area is 148 Å². The highest BCUT2D eigenvalue weighted by atomic mass is 35.5. The fourth-order valence-corrected chi connectivity index (χ4v) is 2.01. The minimum absolute atomic E-state index is 0. The number of hydrogen-bond donors (Lipinski definition) is 1. The molecule has 0 saturated carbocycles. The maximum atomic E-state index is 13.9. The number of halogens is 8. The van der Waals surface area contributed by atoms with Gasteiger partial charge in [0.1, 0.15) is 17.3 Å². The van der Waals surface area contributed by atoms with Crippen LogP contribution in [0.4, 0.5) is 30.7 Å². The van der Waals surface area contributed by atoms with Crippen molar-refractivity contribution in [1.82, 2.24) is 0 Å². The first kappa shape index (κ1) is 21.8. The number of ether oxygens (including phenoxy) is 2. The summed E-state index contributed by atoms with van der Waals surface area (Å²) in [6, 6.07) is 5.26. The second-order valence-electron chi connectivity index (χ2n) is 4.83. The summed E-state index contributed by atoms with van der Waals surface area (Å²) in [6.07, 6.45) is -9.84. The standard InChI is InChI=1S/C15H10F7NO2.ClH/c16-12-6-5-10(25-15(20,21)22)7-11(12)13(23)8-1-3-9(4-2-8)24-14(17,18)19;/h1-7,13H,23H2;1H/t13-;/m0./s1. The zero-order chi connectivity index (χ0) is 18.8. The number of rotatable bonds is 4. The van der Waals surface area contributed by atoms with Crippen LogP contribution in [-0.4, -0.2) is 12.7 Å². The molecule has 0 aromatic heterocycles. The third-order valence-electron chi connectivity index (χ3n) is 3.01. The summed E-state index contributed by atoms with van der Waals surface area (Å²) in [6.45, 7) is 0. The minimum atomic E-state index is -4.96. The molecular weight excluding hydrogens is 395 g/mol. The predicted molar refractivity (Wildman–Crippen MR) is 79.5 cm³/mol. The van der Waals surface area contributed by atoms with E-state index in [0.717, 1.165) is 42.5 Å².